The maximum absolute atomic E-state index is 12.0. The lowest BCUT2D eigenvalue weighted by molar-refractivity contribution is -0.385. The Morgan fingerprint density at radius 2 is 2.18 bits per heavy atom. The number of nitro groups is 1. The van der Waals surface area contributed by atoms with Crippen molar-refractivity contribution in [3.8, 4) is 0 Å². The minimum atomic E-state index is -0.616. The number of carbonyl (C=O) groups excluding carboxylic acids is 1. The van der Waals surface area contributed by atoms with Gasteiger partial charge in [0.25, 0.3) is 11.6 Å². The minimum Gasteiger partial charge on any atom is -0.339 e. The molecule has 0 spiro atoms. The topological polar surface area (TPSA) is 76.3 Å². The summed E-state index contributed by atoms with van der Waals surface area (Å²) in [5.74, 6) is -0.388. The van der Waals surface area contributed by atoms with Crippen molar-refractivity contribution in [2.24, 2.45) is 0 Å². The van der Waals surface area contributed by atoms with Crippen LogP contribution in [-0.4, -0.2) is 33.8 Å². The zero-order chi connectivity index (χ0) is 13.2. The lowest BCUT2D eigenvalue weighted by Gasteiger charge is -2.21. The van der Waals surface area contributed by atoms with Crippen molar-refractivity contribution < 1.29 is 9.72 Å². The number of carbonyl (C=O) groups is 1. The van der Waals surface area contributed by atoms with E-state index in [4.69, 9.17) is 11.6 Å². The monoisotopic (exact) mass is 257 g/mol. The van der Waals surface area contributed by atoms with Crippen molar-refractivity contribution >= 4 is 23.2 Å². The molecular formula is C10H12ClN3O3. The van der Waals surface area contributed by atoms with E-state index in [1.54, 1.807) is 7.05 Å². The van der Waals surface area contributed by atoms with Gasteiger partial charge in [-0.2, -0.15) is 0 Å². The SMILES string of the molecule is CC(C)N(C)C(=O)c1cc([N+](=O)[O-])cnc1Cl. The molecule has 0 aliphatic rings. The molecule has 0 fully saturated rings. The van der Waals surface area contributed by atoms with Gasteiger partial charge >= 0.3 is 0 Å². The van der Waals surface area contributed by atoms with Crippen molar-refractivity contribution in [3.05, 3.63) is 33.1 Å². The highest BCUT2D eigenvalue weighted by Gasteiger charge is 2.21. The summed E-state index contributed by atoms with van der Waals surface area (Å²) in [4.78, 5) is 27.0. The van der Waals surface area contributed by atoms with Crippen LogP contribution in [0.3, 0.4) is 0 Å². The Hall–Kier alpha value is -1.69. The molecule has 0 saturated heterocycles. The summed E-state index contributed by atoms with van der Waals surface area (Å²) in [6.07, 6.45) is 1.02. The van der Waals surface area contributed by atoms with Gasteiger partial charge in [-0.25, -0.2) is 4.98 Å². The van der Waals surface area contributed by atoms with E-state index >= 15 is 0 Å². The van der Waals surface area contributed by atoms with Crippen molar-refractivity contribution in [1.29, 1.82) is 0 Å². The second-order valence-corrected chi connectivity index (χ2v) is 4.16. The smallest absolute Gasteiger partial charge is 0.288 e. The van der Waals surface area contributed by atoms with Gasteiger partial charge in [0.05, 0.1) is 10.5 Å². The predicted molar refractivity (Wildman–Crippen MR) is 63.1 cm³/mol. The molecule has 0 radical (unpaired) electrons. The van der Waals surface area contributed by atoms with E-state index in [2.05, 4.69) is 4.98 Å². The second-order valence-electron chi connectivity index (χ2n) is 3.80. The highest BCUT2D eigenvalue weighted by atomic mass is 35.5. The average molecular weight is 258 g/mol. The van der Waals surface area contributed by atoms with Gasteiger partial charge in [0.15, 0.2) is 0 Å². The molecule has 17 heavy (non-hydrogen) atoms. The first kappa shape index (κ1) is 13.4. The Morgan fingerprint density at radius 1 is 1.59 bits per heavy atom. The van der Waals surface area contributed by atoms with E-state index in [9.17, 15) is 14.9 Å². The van der Waals surface area contributed by atoms with Gasteiger partial charge in [-0.15, -0.1) is 0 Å². The Morgan fingerprint density at radius 3 is 2.65 bits per heavy atom. The fourth-order valence-electron chi connectivity index (χ4n) is 1.11. The Labute approximate surface area is 103 Å². The molecule has 1 amide bonds. The van der Waals surface area contributed by atoms with Crippen LogP contribution in [0, 0.1) is 10.1 Å². The molecule has 0 aromatic carbocycles. The summed E-state index contributed by atoms with van der Waals surface area (Å²) in [5, 5.41) is 10.6. The van der Waals surface area contributed by atoms with Crippen LogP contribution in [0.5, 0.6) is 0 Å². The zero-order valence-corrected chi connectivity index (χ0v) is 10.4. The molecule has 0 aliphatic heterocycles. The standard InChI is InChI=1S/C10H12ClN3O3/c1-6(2)13(3)10(15)8-4-7(14(16)17)5-12-9(8)11/h4-6H,1-3H3. The molecule has 1 rings (SSSR count). The Bertz CT molecular complexity index is 462. The number of hydrogen-bond donors (Lipinski definition) is 0. The van der Waals surface area contributed by atoms with Crippen LogP contribution in [-0.2, 0) is 0 Å². The lowest BCUT2D eigenvalue weighted by Crippen LogP contribution is -2.33. The van der Waals surface area contributed by atoms with E-state index in [1.807, 2.05) is 13.8 Å². The number of nitrogens with zero attached hydrogens (tertiary/aromatic N) is 3. The molecule has 0 unspecified atom stereocenters. The summed E-state index contributed by atoms with van der Waals surface area (Å²) in [6, 6.07) is 1.11. The molecular weight excluding hydrogens is 246 g/mol. The number of halogens is 1. The van der Waals surface area contributed by atoms with E-state index in [0.717, 1.165) is 12.3 Å². The van der Waals surface area contributed by atoms with Gasteiger partial charge in [-0.05, 0) is 13.8 Å². The van der Waals surface area contributed by atoms with Crippen molar-refractivity contribution in [2.75, 3.05) is 7.05 Å². The van der Waals surface area contributed by atoms with Crippen LogP contribution in [0.25, 0.3) is 0 Å². The first-order valence-electron chi connectivity index (χ1n) is 4.91. The lowest BCUT2D eigenvalue weighted by atomic mass is 10.2. The first-order valence-corrected chi connectivity index (χ1v) is 5.29. The molecule has 6 nitrogen and oxygen atoms in total. The number of pyridine rings is 1. The van der Waals surface area contributed by atoms with Gasteiger partial charge in [-0.3, -0.25) is 14.9 Å². The van der Waals surface area contributed by atoms with Gasteiger partial charge < -0.3 is 4.90 Å². The molecule has 0 aliphatic carbocycles. The molecule has 1 aromatic heterocycles. The van der Waals surface area contributed by atoms with Crippen molar-refractivity contribution in [2.45, 2.75) is 19.9 Å². The van der Waals surface area contributed by atoms with Crippen LogP contribution < -0.4 is 0 Å². The predicted octanol–water partition coefficient (Wildman–Crippen LogP) is 2.12. The Balaban J connectivity index is 3.17. The molecule has 92 valence electrons. The molecule has 1 aromatic rings. The van der Waals surface area contributed by atoms with Crippen molar-refractivity contribution in [3.63, 3.8) is 0 Å². The van der Waals surface area contributed by atoms with E-state index in [0.29, 0.717) is 0 Å². The number of amides is 1. The quantitative estimate of drug-likeness (QED) is 0.472. The highest BCUT2D eigenvalue weighted by molar-refractivity contribution is 6.32. The Kier molecular flexibility index (Phi) is 4.01. The normalized spacial score (nSPS) is 10.4. The fourth-order valence-corrected chi connectivity index (χ4v) is 1.30. The summed E-state index contributed by atoms with van der Waals surface area (Å²) in [5.41, 5.74) is -0.216. The number of aromatic nitrogens is 1. The minimum absolute atomic E-state index is 0.0298. The highest BCUT2D eigenvalue weighted by Crippen LogP contribution is 2.20. The maximum atomic E-state index is 12.0. The summed E-state index contributed by atoms with van der Waals surface area (Å²) < 4.78 is 0. The largest absolute Gasteiger partial charge is 0.339 e. The van der Waals surface area contributed by atoms with Crippen LogP contribution in [0.1, 0.15) is 24.2 Å². The molecule has 0 bridgehead atoms. The molecule has 0 atom stereocenters. The van der Waals surface area contributed by atoms with E-state index in [-0.39, 0.29) is 28.4 Å². The van der Waals surface area contributed by atoms with Crippen LogP contribution in [0.2, 0.25) is 5.15 Å². The van der Waals surface area contributed by atoms with Gasteiger partial charge in [0.2, 0.25) is 0 Å². The number of hydrogen-bond acceptors (Lipinski definition) is 4. The molecule has 0 saturated carbocycles. The third-order valence-corrected chi connectivity index (χ3v) is 2.66. The van der Waals surface area contributed by atoms with Gasteiger partial charge in [0.1, 0.15) is 11.3 Å². The fraction of sp³-hybridized carbons (Fsp3) is 0.400. The molecule has 0 N–H and O–H groups in total. The van der Waals surface area contributed by atoms with E-state index in [1.165, 1.54) is 4.90 Å². The van der Waals surface area contributed by atoms with Crippen molar-refractivity contribution in [1.82, 2.24) is 9.88 Å². The summed E-state index contributed by atoms with van der Waals surface area (Å²) in [7, 11) is 1.60. The third kappa shape index (κ3) is 2.91. The van der Waals surface area contributed by atoms with Crippen LogP contribution in [0.4, 0.5) is 5.69 Å². The average Bonchev–Trinajstić information content (AvgIpc) is 2.27. The molecule has 1 heterocycles. The second kappa shape index (κ2) is 5.09. The third-order valence-electron chi connectivity index (χ3n) is 2.36. The van der Waals surface area contributed by atoms with Gasteiger partial charge in [0, 0.05) is 19.2 Å². The zero-order valence-electron chi connectivity index (χ0n) is 9.68. The summed E-state index contributed by atoms with van der Waals surface area (Å²) in [6.45, 7) is 3.66. The van der Waals surface area contributed by atoms with E-state index < -0.39 is 4.92 Å². The van der Waals surface area contributed by atoms with Crippen LogP contribution >= 0.6 is 11.6 Å². The van der Waals surface area contributed by atoms with Crippen LogP contribution in [0.15, 0.2) is 12.3 Å². The first-order chi connectivity index (χ1) is 7.84. The molecule has 7 heteroatoms. The van der Waals surface area contributed by atoms with Gasteiger partial charge in [-0.1, -0.05) is 11.6 Å². The maximum Gasteiger partial charge on any atom is 0.288 e. The summed E-state index contributed by atoms with van der Waals surface area (Å²) >= 11 is 5.76. The number of rotatable bonds is 3.